The molecule has 2 rings (SSSR count). The number of nitrogens with one attached hydrogen (secondary N) is 1. The van der Waals surface area contributed by atoms with Crippen LogP contribution in [0, 0.1) is 6.92 Å². The fourth-order valence-corrected chi connectivity index (χ4v) is 1.89. The zero-order valence-electron chi connectivity index (χ0n) is 11.4. The van der Waals surface area contributed by atoms with Crippen LogP contribution < -0.4 is 10.1 Å². The summed E-state index contributed by atoms with van der Waals surface area (Å²) in [6, 6.07) is 12.0. The molecule has 0 bridgehead atoms. The highest BCUT2D eigenvalue weighted by Crippen LogP contribution is 2.18. The number of carbonyl (C=O) groups excluding carboxylic acids is 2. The van der Waals surface area contributed by atoms with Crippen molar-refractivity contribution in [2.45, 2.75) is 6.92 Å². The smallest absolute Gasteiger partial charge is 0.262 e. The van der Waals surface area contributed by atoms with Gasteiger partial charge in [-0.25, -0.2) is 0 Å². The maximum atomic E-state index is 11.8. The van der Waals surface area contributed by atoms with Gasteiger partial charge in [0, 0.05) is 10.7 Å². The maximum Gasteiger partial charge on any atom is 0.262 e. The number of halogens is 1. The van der Waals surface area contributed by atoms with Crippen molar-refractivity contribution >= 4 is 29.5 Å². The minimum Gasteiger partial charge on any atom is -0.483 e. The SMILES string of the molecule is Cc1ccc(OCC(=O)Nc2ccc(Cl)cc2)c(C=O)c1. The van der Waals surface area contributed by atoms with Crippen LogP contribution in [-0.2, 0) is 4.79 Å². The third kappa shape index (κ3) is 4.33. The fraction of sp³-hybridized carbons (Fsp3) is 0.125. The Hall–Kier alpha value is -2.33. The number of aryl methyl sites for hydroxylation is 1. The van der Waals surface area contributed by atoms with E-state index >= 15 is 0 Å². The van der Waals surface area contributed by atoms with E-state index < -0.39 is 0 Å². The largest absolute Gasteiger partial charge is 0.483 e. The number of hydrogen-bond acceptors (Lipinski definition) is 3. The van der Waals surface area contributed by atoms with E-state index in [0.717, 1.165) is 5.56 Å². The zero-order valence-corrected chi connectivity index (χ0v) is 12.2. The Morgan fingerprint density at radius 3 is 2.62 bits per heavy atom. The quantitative estimate of drug-likeness (QED) is 0.860. The van der Waals surface area contributed by atoms with Crippen LogP contribution in [0.5, 0.6) is 5.75 Å². The summed E-state index contributed by atoms with van der Waals surface area (Å²) < 4.78 is 5.37. The predicted octanol–water partition coefficient (Wildman–Crippen LogP) is 3.48. The number of anilines is 1. The minimum atomic E-state index is -0.310. The second-order valence-corrected chi connectivity index (χ2v) is 4.94. The van der Waals surface area contributed by atoms with Gasteiger partial charge in [0.2, 0.25) is 0 Å². The first-order valence-electron chi connectivity index (χ1n) is 6.32. The van der Waals surface area contributed by atoms with E-state index in [1.807, 2.05) is 13.0 Å². The van der Waals surface area contributed by atoms with Crippen LogP contribution in [0.3, 0.4) is 0 Å². The molecule has 0 spiro atoms. The summed E-state index contributed by atoms with van der Waals surface area (Å²) >= 11 is 5.77. The molecular weight excluding hydrogens is 290 g/mol. The Labute approximate surface area is 127 Å². The lowest BCUT2D eigenvalue weighted by molar-refractivity contribution is -0.118. The number of rotatable bonds is 5. The lowest BCUT2D eigenvalue weighted by atomic mass is 10.1. The Morgan fingerprint density at radius 1 is 1.24 bits per heavy atom. The van der Waals surface area contributed by atoms with Crippen molar-refractivity contribution in [1.82, 2.24) is 0 Å². The molecule has 0 atom stereocenters. The van der Waals surface area contributed by atoms with Crippen LogP contribution in [-0.4, -0.2) is 18.8 Å². The van der Waals surface area contributed by atoms with Crippen LogP contribution in [0.2, 0.25) is 5.02 Å². The Bertz CT molecular complexity index is 653. The molecule has 1 amide bonds. The van der Waals surface area contributed by atoms with E-state index in [-0.39, 0.29) is 12.5 Å². The molecule has 1 N–H and O–H groups in total. The summed E-state index contributed by atoms with van der Waals surface area (Å²) in [6.45, 7) is 1.70. The lowest BCUT2D eigenvalue weighted by Crippen LogP contribution is -2.20. The normalized spacial score (nSPS) is 10.0. The molecular formula is C16H14ClNO3. The first kappa shape index (κ1) is 15.1. The third-order valence-electron chi connectivity index (χ3n) is 2.78. The lowest BCUT2D eigenvalue weighted by Gasteiger charge is -2.09. The molecule has 2 aromatic rings. The van der Waals surface area contributed by atoms with Crippen molar-refractivity contribution in [3.8, 4) is 5.75 Å². The van der Waals surface area contributed by atoms with Gasteiger partial charge in [-0.2, -0.15) is 0 Å². The molecule has 0 aliphatic rings. The van der Waals surface area contributed by atoms with Gasteiger partial charge >= 0.3 is 0 Å². The molecule has 0 fully saturated rings. The highest BCUT2D eigenvalue weighted by molar-refractivity contribution is 6.30. The fourth-order valence-electron chi connectivity index (χ4n) is 1.77. The first-order valence-corrected chi connectivity index (χ1v) is 6.70. The second kappa shape index (κ2) is 6.90. The Morgan fingerprint density at radius 2 is 1.95 bits per heavy atom. The molecule has 5 heteroatoms. The van der Waals surface area contributed by atoms with Gasteiger partial charge < -0.3 is 10.1 Å². The molecule has 108 valence electrons. The molecule has 4 nitrogen and oxygen atoms in total. The molecule has 0 saturated carbocycles. The van der Waals surface area contributed by atoms with Crippen LogP contribution in [0.25, 0.3) is 0 Å². The van der Waals surface area contributed by atoms with Crippen molar-refractivity contribution in [2.75, 3.05) is 11.9 Å². The third-order valence-corrected chi connectivity index (χ3v) is 3.03. The maximum absolute atomic E-state index is 11.8. The summed E-state index contributed by atoms with van der Waals surface area (Å²) in [5.41, 5.74) is 2.01. The van der Waals surface area contributed by atoms with E-state index in [1.54, 1.807) is 36.4 Å². The summed E-state index contributed by atoms with van der Waals surface area (Å²) in [5, 5.41) is 3.27. The average Bonchev–Trinajstić information content (AvgIpc) is 2.48. The topological polar surface area (TPSA) is 55.4 Å². The first-order chi connectivity index (χ1) is 10.1. The van der Waals surface area contributed by atoms with Crippen LogP contribution in [0.1, 0.15) is 15.9 Å². The van der Waals surface area contributed by atoms with Crippen molar-refractivity contribution in [1.29, 1.82) is 0 Å². The average molecular weight is 304 g/mol. The summed E-state index contributed by atoms with van der Waals surface area (Å²) in [4.78, 5) is 22.7. The highest BCUT2D eigenvalue weighted by atomic mass is 35.5. The molecule has 0 heterocycles. The molecule has 0 aromatic heterocycles. The Kier molecular flexibility index (Phi) is 4.95. The predicted molar refractivity (Wildman–Crippen MR) is 82.1 cm³/mol. The molecule has 0 radical (unpaired) electrons. The van der Waals surface area contributed by atoms with Gasteiger partial charge in [0.15, 0.2) is 12.9 Å². The molecule has 2 aromatic carbocycles. The van der Waals surface area contributed by atoms with Crippen LogP contribution in [0.15, 0.2) is 42.5 Å². The highest BCUT2D eigenvalue weighted by Gasteiger charge is 2.07. The van der Waals surface area contributed by atoms with Crippen LogP contribution >= 0.6 is 11.6 Å². The van der Waals surface area contributed by atoms with Crippen molar-refractivity contribution in [3.05, 3.63) is 58.6 Å². The molecule has 21 heavy (non-hydrogen) atoms. The number of ether oxygens (including phenoxy) is 1. The second-order valence-electron chi connectivity index (χ2n) is 4.50. The van der Waals surface area contributed by atoms with Crippen molar-refractivity contribution in [3.63, 3.8) is 0 Å². The minimum absolute atomic E-state index is 0.174. The van der Waals surface area contributed by atoms with E-state index in [0.29, 0.717) is 28.3 Å². The standard InChI is InChI=1S/C16H14ClNO3/c1-11-2-7-15(12(8-11)9-19)21-10-16(20)18-14-5-3-13(17)4-6-14/h2-9H,10H2,1H3,(H,18,20). The zero-order chi connectivity index (χ0) is 15.2. The van der Waals surface area contributed by atoms with Gasteiger partial charge in [0.1, 0.15) is 5.75 Å². The van der Waals surface area contributed by atoms with E-state index in [1.165, 1.54) is 0 Å². The Balaban J connectivity index is 1.95. The van der Waals surface area contributed by atoms with Gasteiger partial charge in [-0.15, -0.1) is 0 Å². The number of benzene rings is 2. The summed E-state index contributed by atoms with van der Waals surface area (Å²) in [7, 11) is 0. The van der Waals surface area contributed by atoms with Crippen LogP contribution in [0.4, 0.5) is 5.69 Å². The number of hydrogen-bond donors (Lipinski definition) is 1. The summed E-state index contributed by atoms with van der Waals surface area (Å²) in [5.74, 6) is 0.0802. The molecule has 0 saturated heterocycles. The van der Waals surface area contributed by atoms with E-state index in [9.17, 15) is 9.59 Å². The van der Waals surface area contributed by atoms with Crippen molar-refractivity contribution < 1.29 is 14.3 Å². The molecule has 0 aliphatic heterocycles. The number of carbonyl (C=O) groups is 2. The molecule has 0 unspecified atom stereocenters. The van der Waals surface area contributed by atoms with Gasteiger partial charge in [-0.05, 0) is 43.3 Å². The number of aldehydes is 1. The summed E-state index contributed by atoms with van der Waals surface area (Å²) in [6.07, 6.45) is 0.708. The van der Waals surface area contributed by atoms with E-state index in [2.05, 4.69) is 5.32 Å². The van der Waals surface area contributed by atoms with Crippen molar-refractivity contribution in [2.24, 2.45) is 0 Å². The monoisotopic (exact) mass is 303 g/mol. The molecule has 0 aliphatic carbocycles. The van der Waals surface area contributed by atoms with Gasteiger partial charge in [0.25, 0.3) is 5.91 Å². The number of amides is 1. The van der Waals surface area contributed by atoms with Gasteiger partial charge in [0.05, 0.1) is 5.56 Å². The van der Waals surface area contributed by atoms with Gasteiger partial charge in [-0.1, -0.05) is 23.2 Å². The van der Waals surface area contributed by atoms with Gasteiger partial charge in [-0.3, -0.25) is 9.59 Å². The van der Waals surface area contributed by atoms with E-state index in [4.69, 9.17) is 16.3 Å².